The first kappa shape index (κ1) is 13.9. The predicted octanol–water partition coefficient (Wildman–Crippen LogP) is 3.44. The van der Waals surface area contributed by atoms with Gasteiger partial charge >= 0.3 is 0 Å². The number of hydrogen-bond donors (Lipinski definition) is 1. The van der Waals surface area contributed by atoms with E-state index in [1.165, 1.54) is 11.1 Å². The number of nitrogens with zero attached hydrogens (tertiary/aromatic N) is 2. The highest BCUT2D eigenvalue weighted by molar-refractivity contribution is 5.60. The standard InChI is InChI=1S/C19H19N3O/c1-23-18-10-6-5-9-17(18)22-19-15(11-12-20-19)16(21-22)13-14-7-3-2-4-8-14/h2-10,20H,11-13H2,1H3. The van der Waals surface area contributed by atoms with Crippen molar-refractivity contribution in [3.05, 3.63) is 71.4 Å². The third-order valence-electron chi connectivity index (χ3n) is 4.26. The molecule has 0 bridgehead atoms. The largest absolute Gasteiger partial charge is 0.494 e. The van der Waals surface area contributed by atoms with Gasteiger partial charge in [-0.3, -0.25) is 0 Å². The quantitative estimate of drug-likeness (QED) is 0.802. The van der Waals surface area contributed by atoms with Crippen LogP contribution in [0.5, 0.6) is 5.75 Å². The van der Waals surface area contributed by atoms with Gasteiger partial charge in [0.2, 0.25) is 0 Å². The van der Waals surface area contributed by atoms with Crippen molar-refractivity contribution in [1.29, 1.82) is 0 Å². The zero-order valence-corrected chi connectivity index (χ0v) is 13.1. The molecule has 0 saturated carbocycles. The molecule has 3 aromatic rings. The number of ether oxygens (including phenoxy) is 1. The highest BCUT2D eigenvalue weighted by atomic mass is 16.5. The topological polar surface area (TPSA) is 39.1 Å². The van der Waals surface area contributed by atoms with E-state index in [0.29, 0.717) is 0 Å². The van der Waals surface area contributed by atoms with Crippen LogP contribution >= 0.6 is 0 Å². The van der Waals surface area contributed by atoms with Crippen LogP contribution in [0.15, 0.2) is 54.6 Å². The van der Waals surface area contributed by atoms with Gasteiger partial charge in [-0.1, -0.05) is 42.5 Å². The molecule has 0 unspecified atom stereocenters. The SMILES string of the molecule is COc1ccccc1-n1nc(Cc2ccccc2)c2c1NCC2. The highest BCUT2D eigenvalue weighted by Crippen LogP contribution is 2.33. The lowest BCUT2D eigenvalue weighted by atomic mass is 10.1. The maximum Gasteiger partial charge on any atom is 0.144 e. The second kappa shape index (κ2) is 5.80. The summed E-state index contributed by atoms with van der Waals surface area (Å²) >= 11 is 0. The lowest BCUT2D eigenvalue weighted by molar-refractivity contribution is 0.412. The van der Waals surface area contributed by atoms with Crippen LogP contribution in [-0.4, -0.2) is 23.4 Å². The Kier molecular flexibility index (Phi) is 3.50. The Bertz CT molecular complexity index is 824. The third-order valence-corrected chi connectivity index (χ3v) is 4.26. The molecule has 2 aromatic carbocycles. The molecule has 23 heavy (non-hydrogen) atoms. The van der Waals surface area contributed by atoms with Gasteiger partial charge in [0, 0.05) is 18.5 Å². The molecule has 1 N–H and O–H groups in total. The van der Waals surface area contributed by atoms with Crippen LogP contribution < -0.4 is 10.1 Å². The Morgan fingerprint density at radius 1 is 1.09 bits per heavy atom. The average Bonchev–Trinajstić information content (AvgIpc) is 3.20. The average molecular weight is 305 g/mol. The second-order valence-electron chi connectivity index (χ2n) is 5.70. The van der Waals surface area contributed by atoms with E-state index in [1.54, 1.807) is 7.11 Å². The van der Waals surface area contributed by atoms with E-state index in [4.69, 9.17) is 9.84 Å². The summed E-state index contributed by atoms with van der Waals surface area (Å²) in [6.07, 6.45) is 1.87. The number of methoxy groups -OCH3 is 1. The molecule has 2 heterocycles. The fourth-order valence-corrected chi connectivity index (χ4v) is 3.16. The number of aromatic nitrogens is 2. The molecule has 1 aromatic heterocycles. The highest BCUT2D eigenvalue weighted by Gasteiger charge is 2.24. The summed E-state index contributed by atoms with van der Waals surface area (Å²) in [5, 5.41) is 8.35. The van der Waals surface area contributed by atoms with Crippen molar-refractivity contribution in [2.75, 3.05) is 19.0 Å². The van der Waals surface area contributed by atoms with Crippen LogP contribution in [0.1, 0.15) is 16.8 Å². The van der Waals surface area contributed by atoms with Crippen molar-refractivity contribution in [2.45, 2.75) is 12.8 Å². The van der Waals surface area contributed by atoms with Gasteiger partial charge < -0.3 is 10.1 Å². The van der Waals surface area contributed by atoms with Gasteiger partial charge in [-0.25, -0.2) is 4.68 Å². The molecule has 1 aliphatic heterocycles. The Balaban J connectivity index is 1.79. The summed E-state index contributed by atoms with van der Waals surface area (Å²) in [6, 6.07) is 18.5. The molecule has 0 atom stereocenters. The Labute approximate surface area is 135 Å². The Morgan fingerprint density at radius 3 is 2.70 bits per heavy atom. The number of rotatable bonds is 4. The van der Waals surface area contributed by atoms with Crippen molar-refractivity contribution < 1.29 is 4.74 Å². The van der Waals surface area contributed by atoms with E-state index >= 15 is 0 Å². The summed E-state index contributed by atoms with van der Waals surface area (Å²) in [6.45, 7) is 0.962. The minimum absolute atomic E-state index is 0.831. The first-order valence-electron chi connectivity index (χ1n) is 7.89. The zero-order chi connectivity index (χ0) is 15.6. The van der Waals surface area contributed by atoms with Crippen molar-refractivity contribution in [3.63, 3.8) is 0 Å². The van der Waals surface area contributed by atoms with Crippen LogP contribution in [0.4, 0.5) is 5.82 Å². The number of nitrogens with one attached hydrogen (secondary N) is 1. The minimum Gasteiger partial charge on any atom is -0.494 e. The van der Waals surface area contributed by atoms with Crippen molar-refractivity contribution in [2.24, 2.45) is 0 Å². The molecule has 0 radical (unpaired) electrons. The first-order chi connectivity index (χ1) is 11.4. The second-order valence-corrected chi connectivity index (χ2v) is 5.70. The van der Waals surface area contributed by atoms with E-state index in [1.807, 2.05) is 35.0 Å². The van der Waals surface area contributed by atoms with Gasteiger partial charge in [0.15, 0.2) is 0 Å². The fourth-order valence-electron chi connectivity index (χ4n) is 3.16. The van der Waals surface area contributed by atoms with Crippen LogP contribution in [-0.2, 0) is 12.8 Å². The molecular weight excluding hydrogens is 286 g/mol. The molecule has 0 spiro atoms. The van der Waals surface area contributed by atoms with E-state index in [9.17, 15) is 0 Å². The molecule has 0 saturated heterocycles. The van der Waals surface area contributed by atoms with Crippen LogP contribution in [0.25, 0.3) is 5.69 Å². The summed E-state index contributed by atoms with van der Waals surface area (Å²) < 4.78 is 7.48. The monoisotopic (exact) mass is 305 g/mol. The molecule has 0 aliphatic carbocycles. The van der Waals surface area contributed by atoms with Gasteiger partial charge in [-0.2, -0.15) is 5.10 Å². The van der Waals surface area contributed by atoms with Gasteiger partial charge in [0.1, 0.15) is 17.3 Å². The maximum atomic E-state index is 5.50. The summed E-state index contributed by atoms with van der Waals surface area (Å²) in [7, 11) is 1.70. The summed E-state index contributed by atoms with van der Waals surface area (Å²) in [4.78, 5) is 0. The van der Waals surface area contributed by atoms with Gasteiger partial charge in [0.05, 0.1) is 12.8 Å². The third kappa shape index (κ3) is 2.46. The predicted molar refractivity (Wildman–Crippen MR) is 91.6 cm³/mol. The lowest BCUT2D eigenvalue weighted by Crippen LogP contribution is -2.06. The van der Waals surface area contributed by atoms with Crippen LogP contribution in [0.2, 0.25) is 0 Å². The van der Waals surface area contributed by atoms with E-state index < -0.39 is 0 Å². The molecule has 116 valence electrons. The molecule has 4 heteroatoms. The van der Waals surface area contributed by atoms with Gasteiger partial charge in [-0.05, 0) is 24.1 Å². The normalized spacial score (nSPS) is 12.7. The van der Waals surface area contributed by atoms with Crippen molar-refractivity contribution >= 4 is 5.82 Å². The molecule has 0 amide bonds. The number of benzene rings is 2. The number of hydrogen-bond acceptors (Lipinski definition) is 3. The smallest absolute Gasteiger partial charge is 0.144 e. The number of anilines is 1. The summed E-state index contributed by atoms with van der Waals surface area (Å²) in [5.41, 5.74) is 4.72. The lowest BCUT2D eigenvalue weighted by Gasteiger charge is -2.10. The molecule has 4 rings (SSSR count). The fraction of sp³-hybridized carbons (Fsp3) is 0.211. The van der Waals surface area contributed by atoms with Crippen molar-refractivity contribution in [3.8, 4) is 11.4 Å². The first-order valence-corrected chi connectivity index (χ1v) is 7.89. The molecule has 1 aliphatic rings. The number of para-hydroxylation sites is 2. The Hall–Kier alpha value is -2.75. The zero-order valence-electron chi connectivity index (χ0n) is 13.1. The molecular formula is C19H19N3O. The molecule has 0 fully saturated rings. The van der Waals surface area contributed by atoms with E-state index in [0.717, 1.165) is 42.3 Å². The molecule has 4 nitrogen and oxygen atoms in total. The van der Waals surface area contributed by atoms with Gasteiger partial charge in [0.25, 0.3) is 0 Å². The van der Waals surface area contributed by atoms with Crippen molar-refractivity contribution in [1.82, 2.24) is 9.78 Å². The van der Waals surface area contributed by atoms with Gasteiger partial charge in [-0.15, -0.1) is 0 Å². The Morgan fingerprint density at radius 2 is 1.87 bits per heavy atom. The van der Waals surface area contributed by atoms with E-state index in [2.05, 4.69) is 29.6 Å². The van der Waals surface area contributed by atoms with Crippen LogP contribution in [0, 0.1) is 0 Å². The van der Waals surface area contributed by atoms with E-state index in [-0.39, 0.29) is 0 Å². The number of fused-ring (bicyclic) bond motifs is 1. The minimum atomic E-state index is 0.831. The van der Waals surface area contributed by atoms with Crippen LogP contribution in [0.3, 0.4) is 0 Å². The summed E-state index contributed by atoms with van der Waals surface area (Å²) in [5.74, 6) is 1.93. The maximum absolute atomic E-state index is 5.50.